The molecule has 2 aliphatic rings. The van der Waals surface area contributed by atoms with Crippen molar-refractivity contribution in [3.63, 3.8) is 0 Å². The van der Waals surface area contributed by atoms with E-state index in [1.807, 2.05) is 0 Å². The fraction of sp³-hybridized carbons (Fsp3) is 0.435. The lowest BCUT2D eigenvalue weighted by Gasteiger charge is -2.25. The summed E-state index contributed by atoms with van der Waals surface area (Å²) in [4.78, 5) is 15.2. The van der Waals surface area contributed by atoms with Gasteiger partial charge in [-0.3, -0.25) is 4.79 Å². The summed E-state index contributed by atoms with van der Waals surface area (Å²) >= 11 is 0. The van der Waals surface area contributed by atoms with Crippen molar-refractivity contribution in [3.05, 3.63) is 41.5 Å². The van der Waals surface area contributed by atoms with Crippen molar-refractivity contribution in [1.82, 2.24) is 4.90 Å². The zero-order valence-electron chi connectivity index (χ0n) is 17.9. The molecule has 0 saturated heterocycles. The number of methoxy groups -OCH3 is 1. The lowest BCUT2D eigenvalue weighted by molar-refractivity contribution is -0.0514. The number of carbonyl (C=O) groups is 1. The molecule has 0 bridgehead atoms. The Morgan fingerprint density at radius 3 is 2.59 bits per heavy atom. The summed E-state index contributed by atoms with van der Waals surface area (Å²) in [6, 6.07) is 8.15. The van der Waals surface area contributed by atoms with Crippen LogP contribution in [-0.2, 0) is 6.54 Å². The molecule has 1 amide bonds. The van der Waals surface area contributed by atoms with Crippen LogP contribution in [0.25, 0.3) is 0 Å². The number of ether oxygens (including phenoxy) is 5. The molecular weight excluding hydrogens is 424 g/mol. The maximum atomic E-state index is 13.4. The highest BCUT2D eigenvalue weighted by Crippen LogP contribution is 2.41. The quantitative estimate of drug-likeness (QED) is 0.570. The van der Waals surface area contributed by atoms with Crippen LogP contribution < -0.4 is 23.7 Å². The Labute approximate surface area is 184 Å². The summed E-state index contributed by atoms with van der Waals surface area (Å²) in [5.41, 5.74) is 1.18. The molecule has 7 nitrogen and oxygen atoms in total. The van der Waals surface area contributed by atoms with Crippen LogP contribution in [0.3, 0.4) is 0 Å². The Kier molecular flexibility index (Phi) is 6.53. The maximum absolute atomic E-state index is 13.4. The van der Waals surface area contributed by atoms with Crippen LogP contribution in [0.5, 0.6) is 28.7 Å². The van der Waals surface area contributed by atoms with Crippen LogP contribution in [0.4, 0.5) is 8.78 Å². The third-order valence-corrected chi connectivity index (χ3v) is 5.20. The Hall–Kier alpha value is -3.23. The first-order valence-electron chi connectivity index (χ1n) is 10.5. The molecule has 9 heteroatoms. The Morgan fingerprint density at radius 2 is 1.91 bits per heavy atom. The van der Waals surface area contributed by atoms with E-state index in [2.05, 4.69) is 4.74 Å². The number of hydrogen-bond acceptors (Lipinski definition) is 6. The van der Waals surface area contributed by atoms with Crippen molar-refractivity contribution in [2.45, 2.75) is 39.0 Å². The van der Waals surface area contributed by atoms with E-state index in [0.29, 0.717) is 49.2 Å². The first kappa shape index (κ1) is 22.0. The highest BCUT2D eigenvalue weighted by molar-refractivity contribution is 5.96. The smallest absolute Gasteiger partial charge is 0.387 e. The number of nitrogens with zero attached hydrogens (tertiary/aromatic N) is 1. The Bertz CT molecular complexity index is 962. The molecule has 0 aromatic heterocycles. The monoisotopic (exact) mass is 449 g/mol. The van der Waals surface area contributed by atoms with E-state index < -0.39 is 6.61 Å². The molecule has 172 valence electrons. The Morgan fingerprint density at radius 1 is 1.12 bits per heavy atom. The number of alkyl halides is 2. The first-order valence-corrected chi connectivity index (χ1v) is 10.5. The van der Waals surface area contributed by atoms with Gasteiger partial charge in [-0.15, -0.1) is 0 Å². The molecule has 1 aliphatic carbocycles. The second-order valence-electron chi connectivity index (χ2n) is 7.46. The second-order valence-corrected chi connectivity index (χ2v) is 7.46. The van der Waals surface area contributed by atoms with Gasteiger partial charge < -0.3 is 28.6 Å². The van der Waals surface area contributed by atoms with Gasteiger partial charge in [0.25, 0.3) is 5.91 Å². The fourth-order valence-electron chi connectivity index (χ4n) is 3.62. The average Bonchev–Trinajstić information content (AvgIpc) is 3.63. The summed E-state index contributed by atoms with van der Waals surface area (Å²) in [6.45, 7) is 0.218. The predicted octanol–water partition coefficient (Wildman–Crippen LogP) is 4.27. The number of carbonyl (C=O) groups excluding carboxylic acids is 1. The number of rotatable bonds is 9. The van der Waals surface area contributed by atoms with E-state index in [0.717, 1.165) is 18.4 Å². The van der Waals surface area contributed by atoms with E-state index in [9.17, 15) is 13.6 Å². The molecule has 0 atom stereocenters. The normalized spacial score (nSPS) is 14.8. The fourth-order valence-corrected chi connectivity index (χ4v) is 3.62. The maximum Gasteiger partial charge on any atom is 0.387 e. The minimum atomic E-state index is -2.95. The van der Waals surface area contributed by atoms with Crippen molar-refractivity contribution in [2.75, 3.05) is 26.9 Å². The second kappa shape index (κ2) is 9.50. The minimum absolute atomic E-state index is 0.0357. The summed E-state index contributed by atoms with van der Waals surface area (Å²) in [7, 11) is 1.51. The van der Waals surface area contributed by atoms with Crippen molar-refractivity contribution in [2.24, 2.45) is 0 Å². The minimum Gasteiger partial charge on any atom is -0.493 e. The van der Waals surface area contributed by atoms with Gasteiger partial charge in [0.1, 0.15) is 13.2 Å². The molecule has 2 aromatic carbocycles. The van der Waals surface area contributed by atoms with Gasteiger partial charge in [-0.1, -0.05) is 6.07 Å². The van der Waals surface area contributed by atoms with Gasteiger partial charge in [0.15, 0.2) is 23.0 Å². The molecule has 0 spiro atoms. The van der Waals surface area contributed by atoms with E-state index >= 15 is 0 Å². The molecule has 1 fully saturated rings. The number of hydrogen-bond donors (Lipinski definition) is 0. The van der Waals surface area contributed by atoms with Crippen LogP contribution in [0, 0.1) is 0 Å². The standard InChI is InChI=1S/C23H25F2NO6/c1-3-29-18-10-14(4-7-17(18)32-23(24)25)13-26(16-5-6-16)22(27)15-11-19(28-2)21-20(12-15)30-8-9-31-21/h4,7,10-12,16,23H,3,5-6,8-9,13H2,1-2H3. The average molecular weight is 449 g/mol. The van der Waals surface area contributed by atoms with Crippen LogP contribution >= 0.6 is 0 Å². The molecule has 1 aliphatic heterocycles. The van der Waals surface area contributed by atoms with Crippen molar-refractivity contribution < 1.29 is 37.3 Å². The number of halogens is 2. The van der Waals surface area contributed by atoms with Gasteiger partial charge >= 0.3 is 6.61 Å². The van der Waals surface area contributed by atoms with Crippen molar-refractivity contribution in [1.29, 1.82) is 0 Å². The van der Waals surface area contributed by atoms with Crippen molar-refractivity contribution in [3.8, 4) is 28.7 Å². The molecule has 0 radical (unpaired) electrons. The van der Waals surface area contributed by atoms with Gasteiger partial charge in [0.05, 0.1) is 13.7 Å². The van der Waals surface area contributed by atoms with Gasteiger partial charge in [0.2, 0.25) is 5.75 Å². The summed E-state index contributed by atoms with van der Waals surface area (Å²) in [5.74, 6) is 1.41. The zero-order chi connectivity index (χ0) is 22.7. The van der Waals surface area contributed by atoms with E-state index in [4.69, 9.17) is 18.9 Å². The first-order chi connectivity index (χ1) is 15.5. The number of fused-ring (bicyclic) bond motifs is 1. The highest BCUT2D eigenvalue weighted by Gasteiger charge is 2.34. The lowest BCUT2D eigenvalue weighted by Crippen LogP contribution is -2.32. The van der Waals surface area contributed by atoms with Crippen LogP contribution in [0.1, 0.15) is 35.7 Å². The third kappa shape index (κ3) is 4.81. The van der Waals surface area contributed by atoms with Gasteiger partial charge in [-0.05, 0) is 49.6 Å². The molecule has 32 heavy (non-hydrogen) atoms. The highest BCUT2D eigenvalue weighted by atomic mass is 19.3. The van der Waals surface area contributed by atoms with E-state index in [-0.39, 0.29) is 23.4 Å². The van der Waals surface area contributed by atoms with Crippen molar-refractivity contribution >= 4 is 5.91 Å². The molecule has 0 unspecified atom stereocenters. The SMILES string of the molecule is CCOc1cc(CN(C(=O)c2cc(OC)c3c(c2)OCCO3)C2CC2)ccc1OC(F)F. The summed E-state index contributed by atoms with van der Waals surface area (Å²) < 4.78 is 52.0. The number of benzene rings is 2. The largest absolute Gasteiger partial charge is 0.493 e. The molecule has 1 heterocycles. The molecular formula is C23H25F2NO6. The molecule has 0 N–H and O–H groups in total. The molecule has 2 aromatic rings. The van der Waals surface area contributed by atoms with Gasteiger partial charge in [-0.2, -0.15) is 8.78 Å². The predicted molar refractivity (Wildman–Crippen MR) is 111 cm³/mol. The van der Waals surface area contributed by atoms with E-state index in [1.165, 1.54) is 13.2 Å². The molecule has 4 rings (SSSR count). The lowest BCUT2D eigenvalue weighted by atomic mass is 10.1. The topological polar surface area (TPSA) is 66.5 Å². The summed E-state index contributed by atoms with van der Waals surface area (Å²) in [5, 5.41) is 0. The van der Waals surface area contributed by atoms with E-state index in [1.54, 1.807) is 36.1 Å². The van der Waals surface area contributed by atoms with Crippen LogP contribution in [-0.4, -0.2) is 50.4 Å². The van der Waals surface area contributed by atoms with Gasteiger partial charge in [-0.25, -0.2) is 0 Å². The van der Waals surface area contributed by atoms with Gasteiger partial charge in [0, 0.05) is 18.2 Å². The Balaban J connectivity index is 1.60. The summed E-state index contributed by atoms with van der Waals surface area (Å²) in [6.07, 6.45) is 1.80. The third-order valence-electron chi connectivity index (χ3n) is 5.20. The van der Waals surface area contributed by atoms with Crippen LogP contribution in [0.2, 0.25) is 0 Å². The van der Waals surface area contributed by atoms with Crippen LogP contribution in [0.15, 0.2) is 30.3 Å². The molecule has 1 saturated carbocycles. The zero-order valence-corrected chi connectivity index (χ0v) is 17.9. The number of amides is 1.